The van der Waals surface area contributed by atoms with E-state index in [4.69, 9.17) is 9.84 Å². The molecule has 7 heteroatoms. The quantitative estimate of drug-likeness (QED) is 0.639. The van der Waals surface area contributed by atoms with Crippen molar-refractivity contribution in [2.24, 2.45) is 0 Å². The van der Waals surface area contributed by atoms with E-state index in [0.29, 0.717) is 11.3 Å². The number of nitrogens with one attached hydrogen (secondary N) is 1. The molecule has 1 aromatic rings. The summed E-state index contributed by atoms with van der Waals surface area (Å²) in [7, 11) is 1.66. The van der Waals surface area contributed by atoms with Crippen molar-refractivity contribution in [2.75, 3.05) is 12.4 Å². The lowest BCUT2D eigenvalue weighted by atomic mass is 10.1. The van der Waals surface area contributed by atoms with Crippen LogP contribution in [0.2, 0.25) is 0 Å². The largest absolute Gasteiger partial charge is 0.478 e. The maximum atomic E-state index is 11.1. The molecular formula is C14H18N2O5. The molecule has 0 amide bonds. The minimum absolute atomic E-state index is 0.0870. The van der Waals surface area contributed by atoms with Crippen LogP contribution in [0.15, 0.2) is 12.1 Å². The molecule has 1 saturated carbocycles. The number of carboxylic acid groups (broad SMARTS) is 1. The van der Waals surface area contributed by atoms with Crippen LogP contribution in [0.1, 0.15) is 35.2 Å². The van der Waals surface area contributed by atoms with Crippen molar-refractivity contribution in [1.29, 1.82) is 0 Å². The average Bonchev–Trinajstić information content (AvgIpc) is 2.88. The van der Waals surface area contributed by atoms with Crippen LogP contribution in [-0.4, -0.2) is 35.3 Å². The molecule has 2 atom stereocenters. The summed E-state index contributed by atoms with van der Waals surface area (Å²) in [5.41, 5.74) is 0.684. The molecule has 0 heterocycles. The van der Waals surface area contributed by atoms with Crippen molar-refractivity contribution < 1.29 is 19.6 Å². The Labute approximate surface area is 122 Å². The van der Waals surface area contributed by atoms with Crippen molar-refractivity contribution in [3.8, 4) is 0 Å². The van der Waals surface area contributed by atoms with E-state index in [9.17, 15) is 14.9 Å². The molecule has 2 rings (SSSR count). The zero-order valence-corrected chi connectivity index (χ0v) is 12.0. The molecule has 0 spiro atoms. The first-order valence-electron chi connectivity index (χ1n) is 6.74. The van der Waals surface area contributed by atoms with Gasteiger partial charge in [-0.05, 0) is 32.3 Å². The molecule has 0 bridgehead atoms. The maximum absolute atomic E-state index is 11.1. The van der Waals surface area contributed by atoms with Crippen LogP contribution in [-0.2, 0) is 4.74 Å². The van der Waals surface area contributed by atoms with E-state index in [2.05, 4.69) is 5.32 Å². The van der Waals surface area contributed by atoms with Gasteiger partial charge >= 0.3 is 5.97 Å². The number of hydrogen-bond acceptors (Lipinski definition) is 5. The van der Waals surface area contributed by atoms with Gasteiger partial charge in [0.15, 0.2) is 0 Å². The van der Waals surface area contributed by atoms with Crippen LogP contribution in [0.5, 0.6) is 0 Å². The third-order valence-electron chi connectivity index (χ3n) is 3.90. The number of rotatable bonds is 5. The highest BCUT2D eigenvalue weighted by atomic mass is 16.6. The third-order valence-corrected chi connectivity index (χ3v) is 3.90. The minimum Gasteiger partial charge on any atom is -0.478 e. The summed E-state index contributed by atoms with van der Waals surface area (Å²) in [6.45, 7) is 1.62. The van der Waals surface area contributed by atoms with Gasteiger partial charge in [0.05, 0.1) is 16.6 Å². The van der Waals surface area contributed by atoms with Gasteiger partial charge in [0.1, 0.15) is 0 Å². The van der Waals surface area contributed by atoms with Crippen LogP contribution >= 0.6 is 0 Å². The molecule has 0 aromatic heterocycles. The van der Waals surface area contributed by atoms with E-state index in [-0.39, 0.29) is 23.4 Å². The highest BCUT2D eigenvalue weighted by molar-refractivity contribution is 5.90. The van der Waals surface area contributed by atoms with Gasteiger partial charge in [-0.3, -0.25) is 10.1 Å². The number of benzene rings is 1. The van der Waals surface area contributed by atoms with Crippen LogP contribution in [0.25, 0.3) is 0 Å². The first-order valence-corrected chi connectivity index (χ1v) is 6.74. The van der Waals surface area contributed by atoms with Crippen LogP contribution < -0.4 is 5.32 Å². The third kappa shape index (κ3) is 3.30. The van der Waals surface area contributed by atoms with Gasteiger partial charge in [-0.2, -0.15) is 0 Å². The Hall–Kier alpha value is -2.15. The summed E-state index contributed by atoms with van der Waals surface area (Å²) < 4.78 is 5.29. The Kier molecular flexibility index (Phi) is 4.42. The predicted octanol–water partition coefficient (Wildman–Crippen LogP) is 2.58. The Morgan fingerprint density at radius 2 is 2.19 bits per heavy atom. The standard InChI is InChI=1S/C14H18N2O5/c1-8-12(15-10-3-4-11(7-10)21-2)5-9(14(17)18)6-13(8)16(19)20/h5-6,10-11,15H,3-4,7H2,1-2H3,(H,17,18). The Morgan fingerprint density at radius 1 is 1.48 bits per heavy atom. The summed E-state index contributed by atoms with van der Waals surface area (Å²) in [6.07, 6.45) is 2.80. The maximum Gasteiger partial charge on any atom is 0.336 e. The van der Waals surface area contributed by atoms with Gasteiger partial charge in [-0.1, -0.05) is 0 Å². The van der Waals surface area contributed by atoms with Gasteiger partial charge in [-0.15, -0.1) is 0 Å². The number of nitro groups is 1. The van der Waals surface area contributed by atoms with Crippen LogP contribution in [0.3, 0.4) is 0 Å². The van der Waals surface area contributed by atoms with E-state index in [0.717, 1.165) is 25.3 Å². The SMILES string of the molecule is COC1CCC(Nc2cc(C(=O)O)cc([N+](=O)[O-])c2C)C1. The lowest BCUT2D eigenvalue weighted by Crippen LogP contribution is -2.18. The number of nitro benzene ring substituents is 1. The molecule has 1 fully saturated rings. The van der Waals surface area contributed by atoms with E-state index in [1.165, 1.54) is 6.07 Å². The zero-order chi connectivity index (χ0) is 15.6. The number of hydrogen-bond donors (Lipinski definition) is 2. The van der Waals surface area contributed by atoms with Crippen molar-refractivity contribution in [3.63, 3.8) is 0 Å². The molecule has 2 N–H and O–H groups in total. The van der Waals surface area contributed by atoms with Crippen molar-refractivity contribution >= 4 is 17.3 Å². The second-order valence-electron chi connectivity index (χ2n) is 5.24. The summed E-state index contributed by atoms with van der Waals surface area (Å²) in [4.78, 5) is 21.6. The Bertz CT molecular complexity index is 573. The second kappa shape index (κ2) is 6.09. The number of carbonyl (C=O) groups is 1. The molecule has 2 unspecified atom stereocenters. The van der Waals surface area contributed by atoms with E-state index < -0.39 is 10.9 Å². The molecular weight excluding hydrogens is 276 g/mol. The van der Waals surface area contributed by atoms with Gasteiger partial charge in [0.25, 0.3) is 5.69 Å². The van der Waals surface area contributed by atoms with Crippen molar-refractivity contribution in [3.05, 3.63) is 33.4 Å². The number of nitrogens with zero attached hydrogens (tertiary/aromatic N) is 1. The highest BCUT2D eigenvalue weighted by Crippen LogP contribution is 2.31. The lowest BCUT2D eigenvalue weighted by Gasteiger charge is -2.17. The summed E-state index contributed by atoms with van der Waals surface area (Å²) in [5.74, 6) is -1.18. The lowest BCUT2D eigenvalue weighted by molar-refractivity contribution is -0.385. The normalized spacial score (nSPS) is 21.2. The molecule has 0 radical (unpaired) electrons. The fourth-order valence-electron chi connectivity index (χ4n) is 2.67. The monoisotopic (exact) mass is 294 g/mol. The summed E-state index contributed by atoms with van der Waals surface area (Å²) >= 11 is 0. The number of aromatic carboxylic acids is 1. The molecule has 114 valence electrons. The number of methoxy groups -OCH3 is 1. The van der Waals surface area contributed by atoms with Crippen LogP contribution in [0, 0.1) is 17.0 Å². The zero-order valence-electron chi connectivity index (χ0n) is 12.0. The fraction of sp³-hybridized carbons (Fsp3) is 0.500. The second-order valence-corrected chi connectivity index (χ2v) is 5.24. The molecule has 1 aliphatic rings. The average molecular weight is 294 g/mol. The van der Waals surface area contributed by atoms with E-state index >= 15 is 0 Å². The minimum atomic E-state index is -1.18. The fourth-order valence-corrected chi connectivity index (χ4v) is 2.67. The van der Waals surface area contributed by atoms with Crippen molar-refractivity contribution in [1.82, 2.24) is 0 Å². The number of anilines is 1. The van der Waals surface area contributed by atoms with Gasteiger partial charge in [0, 0.05) is 30.5 Å². The first-order chi connectivity index (χ1) is 9.92. The number of carboxylic acids is 1. The van der Waals surface area contributed by atoms with Gasteiger partial charge in [0.2, 0.25) is 0 Å². The summed E-state index contributed by atoms with van der Waals surface area (Å²) in [6, 6.07) is 2.68. The smallest absolute Gasteiger partial charge is 0.336 e. The first kappa shape index (κ1) is 15.2. The highest BCUT2D eigenvalue weighted by Gasteiger charge is 2.26. The number of ether oxygens (including phenoxy) is 1. The molecule has 0 saturated heterocycles. The van der Waals surface area contributed by atoms with Crippen molar-refractivity contribution in [2.45, 2.75) is 38.3 Å². The Balaban J connectivity index is 2.29. The van der Waals surface area contributed by atoms with Crippen LogP contribution in [0.4, 0.5) is 11.4 Å². The topological polar surface area (TPSA) is 102 Å². The molecule has 0 aliphatic heterocycles. The van der Waals surface area contributed by atoms with Gasteiger partial charge < -0.3 is 15.2 Å². The molecule has 7 nitrogen and oxygen atoms in total. The molecule has 1 aromatic carbocycles. The predicted molar refractivity (Wildman–Crippen MR) is 76.9 cm³/mol. The Morgan fingerprint density at radius 3 is 2.71 bits per heavy atom. The van der Waals surface area contributed by atoms with E-state index in [1.807, 2.05) is 0 Å². The molecule has 21 heavy (non-hydrogen) atoms. The summed E-state index contributed by atoms with van der Waals surface area (Å²) in [5, 5.41) is 23.3. The molecule has 1 aliphatic carbocycles. The van der Waals surface area contributed by atoms with E-state index in [1.54, 1.807) is 14.0 Å². The van der Waals surface area contributed by atoms with Gasteiger partial charge in [-0.25, -0.2) is 4.79 Å².